The summed E-state index contributed by atoms with van der Waals surface area (Å²) >= 11 is 0. The van der Waals surface area contributed by atoms with Gasteiger partial charge in [0.25, 0.3) is 0 Å². The molecule has 0 spiro atoms. The quantitative estimate of drug-likeness (QED) is 0.719. The lowest BCUT2D eigenvalue weighted by atomic mass is 10.2. The molecule has 1 aliphatic heterocycles. The summed E-state index contributed by atoms with van der Waals surface area (Å²) in [4.78, 5) is 25.3. The van der Waals surface area contributed by atoms with Crippen LogP contribution >= 0.6 is 0 Å². The van der Waals surface area contributed by atoms with Gasteiger partial charge in [-0.05, 0) is 20.8 Å². The van der Waals surface area contributed by atoms with Gasteiger partial charge in [-0.3, -0.25) is 4.90 Å². The second-order valence-electron chi connectivity index (χ2n) is 5.24. The summed E-state index contributed by atoms with van der Waals surface area (Å²) in [5.74, 6) is 0. The molecule has 1 rings (SSSR count). The van der Waals surface area contributed by atoms with E-state index in [1.54, 1.807) is 20.8 Å². The van der Waals surface area contributed by atoms with Crippen molar-refractivity contribution in [2.45, 2.75) is 32.4 Å². The van der Waals surface area contributed by atoms with Crippen molar-refractivity contribution in [3.05, 3.63) is 0 Å². The third-order valence-corrected chi connectivity index (χ3v) is 2.59. The Morgan fingerprint density at radius 1 is 1.33 bits per heavy atom. The fourth-order valence-electron chi connectivity index (χ4n) is 1.76. The monoisotopic (exact) mass is 260 g/mol. The number of ether oxygens (including phenoxy) is 1. The minimum Gasteiger partial charge on any atom is -0.465 e. The van der Waals surface area contributed by atoms with Crippen molar-refractivity contribution in [2.24, 2.45) is 0 Å². The second-order valence-corrected chi connectivity index (χ2v) is 5.24. The van der Waals surface area contributed by atoms with Gasteiger partial charge in [-0.2, -0.15) is 0 Å². The smallest absolute Gasteiger partial charge is 0.410 e. The normalized spacial score (nSPS) is 20.8. The SMILES string of the molecule is CC(C)(C)OC(=O)N1CCN(C(=O)O)C(CO)C1. The Kier molecular flexibility index (Phi) is 4.39. The highest BCUT2D eigenvalue weighted by molar-refractivity contribution is 5.70. The summed E-state index contributed by atoms with van der Waals surface area (Å²) in [6.45, 7) is 5.59. The third-order valence-electron chi connectivity index (χ3n) is 2.59. The Bertz CT molecular complexity index is 326. The highest BCUT2D eigenvalue weighted by atomic mass is 16.6. The summed E-state index contributed by atoms with van der Waals surface area (Å²) in [5.41, 5.74) is -0.588. The first-order valence-corrected chi connectivity index (χ1v) is 5.83. The Labute approximate surface area is 106 Å². The Balaban J connectivity index is 2.62. The summed E-state index contributed by atoms with van der Waals surface area (Å²) in [7, 11) is 0. The van der Waals surface area contributed by atoms with Crippen LogP contribution in [0.3, 0.4) is 0 Å². The van der Waals surface area contributed by atoms with Gasteiger partial charge in [-0.1, -0.05) is 0 Å². The second kappa shape index (κ2) is 5.43. The summed E-state index contributed by atoms with van der Waals surface area (Å²) in [6.07, 6.45) is -1.57. The summed E-state index contributed by atoms with van der Waals surface area (Å²) < 4.78 is 5.21. The van der Waals surface area contributed by atoms with E-state index in [4.69, 9.17) is 14.9 Å². The van der Waals surface area contributed by atoms with Crippen LogP contribution in [0.25, 0.3) is 0 Å². The molecule has 7 nitrogen and oxygen atoms in total. The van der Waals surface area contributed by atoms with E-state index < -0.39 is 23.8 Å². The van der Waals surface area contributed by atoms with Crippen LogP contribution in [0.5, 0.6) is 0 Å². The van der Waals surface area contributed by atoms with Gasteiger partial charge in [0.05, 0.1) is 12.6 Å². The van der Waals surface area contributed by atoms with Crippen molar-refractivity contribution >= 4 is 12.2 Å². The van der Waals surface area contributed by atoms with Crippen LogP contribution in [0.15, 0.2) is 0 Å². The number of piperazine rings is 1. The fraction of sp³-hybridized carbons (Fsp3) is 0.818. The number of aliphatic hydroxyl groups excluding tert-OH is 1. The molecule has 0 aromatic carbocycles. The number of nitrogens with zero attached hydrogens (tertiary/aromatic N) is 2. The lowest BCUT2D eigenvalue weighted by molar-refractivity contribution is -0.00158. The number of hydrogen-bond acceptors (Lipinski definition) is 4. The molecule has 0 radical (unpaired) electrons. The predicted molar refractivity (Wildman–Crippen MR) is 63.4 cm³/mol. The van der Waals surface area contributed by atoms with E-state index in [1.807, 2.05) is 0 Å². The van der Waals surface area contributed by atoms with Gasteiger partial charge in [-0.15, -0.1) is 0 Å². The molecular weight excluding hydrogens is 240 g/mol. The molecule has 18 heavy (non-hydrogen) atoms. The summed E-state index contributed by atoms with van der Waals surface area (Å²) in [6, 6.07) is -0.594. The maximum atomic E-state index is 11.8. The van der Waals surface area contributed by atoms with Crippen LogP contribution in [0.1, 0.15) is 20.8 Å². The molecule has 1 saturated heterocycles. The van der Waals surface area contributed by atoms with Crippen molar-refractivity contribution in [3.8, 4) is 0 Å². The van der Waals surface area contributed by atoms with E-state index in [1.165, 1.54) is 4.90 Å². The van der Waals surface area contributed by atoms with Crippen molar-refractivity contribution < 1.29 is 24.5 Å². The molecule has 104 valence electrons. The van der Waals surface area contributed by atoms with E-state index in [2.05, 4.69) is 0 Å². The molecule has 1 fully saturated rings. The van der Waals surface area contributed by atoms with E-state index >= 15 is 0 Å². The fourth-order valence-corrected chi connectivity index (χ4v) is 1.76. The molecule has 1 aliphatic rings. The largest absolute Gasteiger partial charge is 0.465 e. The average molecular weight is 260 g/mol. The van der Waals surface area contributed by atoms with E-state index in [9.17, 15) is 9.59 Å². The number of carbonyl (C=O) groups excluding carboxylic acids is 1. The average Bonchev–Trinajstić information content (AvgIpc) is 2.25. The van der Waals surface area contributed by atoms with Crippen LogP contribution < -0.4 is 0 Å². The highest BCUT2D eigenvalue weighted by Gasteiger charge is 2.33. The zero-order chi connectivity index (χ0) is 13.9. The molecule has 1 heterocycles. The van der Waals surface area contributed by atoms with Gasteiger partial charge in [0.15, 0.2) is 0 Å². The lowest BCUT2D eigenvalue weighted by Crippen LogP contribution is -2.58. The zero-order valence-electron chi connectivity index (χ0n) is 10.9. The number of hydrogen-bond donors (Lipinski definition) is 2. The molecule has 7 heteroatoms. The van der Waals surface area contributed by atoms with Crippen LogP contribution in [-0.4, -0.2) is 70.1 Å². The van der Waals surface area contributed by atoms with Gasteiger partial charge < -0.3 is 19.8 Å². The maximum Gasteiger partial charge on any atom is 0.410 e. The standard InChI is InChI=1S/C11H20N2O5/c1-11(2,3)18-10(17)12-4-5-13(9(15)16)8(6-12)7-14/h8,14H,4-7H2,1-3H3,(H,15,16). The maximum absolute atomic E-state index is 11.8. The topological polar surface area (TPSA) is 90.3 Å². The molecule has 0 saturated carbocycles. The molecule has 0 aromatic rings. The third kappa shape index (κ3) is 3.76. The predicted octanol–water partition coefficient (Wildman–Crippen LogP) is 0.578. The van der Waals surface area contributed by atoms with Crippen molar-refractivity contribution in [3.63, 3.8) is 0 Å². The van der Waals surface area contributed by atoms with Gasteiger partial charge >= 0.3 is 12.2 Å². The Morgan fingerprint density at radius 3 is 2.39 bits per heavy atom. The Hall–Kier alpha value is -1.50. The number of amides is 2. The van der Waals surface area contributed by atoms with Crippen LogP contribution in [-0.2, 0) is 4.74 Å². The van der Waals surface area contributed by atoms with Crippen LogP contribution in [0, 0.1) is 0 Å². The van der Waals surface area contributed by atoms with E-state index in [0.29, 0.717) is 0 Å². The van der Waals surface area contributed by atoms with Crippen LogP contribution in [0.2, 0.25) is 0 Å². The number of aliphatic hydroxyl groups is 1. The molecule has 0 bridgehead atoms. The first kappa shape index (κ1) is 14.6. The lowest BCUT2D eigenvalue weighted by Gasteiger charge is -2.39. The molecule has 2 amide bonds. The van der Waals surface area contributed by atoms with Gasteiger partial charge in [0.1, 0.15) is 5.60 Å². The summed E-state index contributed by atoms with van der Waals surface area (Å²) in [5, 5.41) is 18.1. The number of carboxylic acid groups (broad SMARTS) is 1. The molecule has 2 N–H and O–H groups in total. The van der Waals surface area contributed by atoms with Crippen LogP contribution in [0.4, 0.5) is 9.59 Å². The molecule has 0 aromatic heterocycles. The number of rotatable bonds is 1. The first-order valence-electron chi connectivity index (χ1n) is 5.83. The molecule has 1 unspecified atom stereocenters. The highest BCUT2D eigenvalue weighted by Crippen LogP contribution is 2.14. The van der Waals surface area contributed by atoms with Crippen molar-refractivity contribution in [1.82, 2.24) is 9.80 Å². The van der Waals surface area contributed by atoms with Crippen molar-refractivity contribution in [2.75, 3.05) is 26.2 Å². The van der Waals surface area contributed by atoms with Gasteiger partial charge in [0, 0.05) is 19.6 Å². The Morgan fingerprint density at radius 2 is 1.94 bits per heavy atom. The van der Waals surface area contributed by atoms with Crippen molar-refractivity contribution in [1.29, 1.82) is 0 Å². The first-order chi connectivity index (χ1) is 8.24. The van der Waals surface area contributed by atoms with Gasteiger partial charge in [-0.25, -0.2) is 9.59 Å². The minimum absolute atomic E-state index is 0.151. The molecular formula is C11H20N2O5. The van der Waals surface area contributed by atoms with E-state index in [0.717, 1.165) is 4.90 Å². The zero-order valence-corrected chi connectivity index (χ0v) is 10.9. The molecule has 0 aliphatic carbocycles. The van der Waals surface area contributed by atoms with E-state index in [-0.39, 0.29) is 26.2 Å². The van der Waals surface area contributed by atoms with Gasteiger partial charge in [0.2, 0.25) is 0 Å². The molecule has 1 atom stereocenters. The minimum atomic E-state index is -1.09. The number of carbonyl (C=O) groups is 2.